The van der Waals surface area contributed by atoms with E-state index < -0.39 is 0 Å². The van der Waals surface area contributed by atoms with Crippen LogP contribution >= 0.6 is 24.0 Å². The van der Waals surface area contributed by atoms with Crippen molar-refractivity contribution in [3.05, 3.63) is 35.4 Å². The molecule has 28 heavy (non-hydrogen) atoms. The first-order chi connectivity index (χ1) is 13.0. The summed E-state index contributed by atoms with van der Waals surface area (Å²) < 4.78 is 0. The third-order valence-corrected chi connectivity index (χ3v) is 5.17. The number of carbonyl (C=O) groups is 1. The van der Waals surface area contributed by atoms with E-state index in [0.717, 1.165) is 49.8 Å². The molecule has 0 aliphatic carbocycles. The zero-order chi connectivity index (χ0) is 19.8. The fourth-order valence-corrected chi connectivity index (χ4v) is 3.87. The van der Waals surface area contributed by atoms with E-state index in [1.807, 2.05) is 43.0 Å². The van der Waals surface area contributed by atoms with Crippen LogP contribution in [0, 0.1) is 11.8 Å². The van der Waals surface area contributed by atoms with E-state index in [4.69, 9.17) is 4.99 Å². The lowest BCUT2D eigenvalue weighted by atomic mass is 9.92. The lowest BCUT2D eigenvalue weighted by Crippen LogP contribution is -2.48. The van der Waals surface area contributed by atoms with Crippen LogP contribution in [0.2, 0.25) is 0 Å². The molecule has 2 rings (SSSR count). The summed E-state index contributed by atoms with van der Waals surface area (Å²) in [4.78, 5) is 21.5. The zero-order valence-electron chi connectivity index (χ0n) is 18.1. The maximum Gasteiger partial charge on any atom is 0.253 e. The van der Waals surface area contributed by atoms with Crippen molar-refractivity contribution in [2.24, 2.45) is 16.8 Å². The van der Waals surface area contributed by atoms with Crippen molar-refractivity contribution >= 4 is 35.8 Å². The number of piperidine rings is 1. The van der Waals surface area contributed by atoms with Crippen LogP contribution in [0.25, 0.3) is 0 Å². The second-order valence-corrected chi connectivity index (χ2v) is 7.70. The molecule has 0 saturated carbocycles. The number of halogens is 1. The summed E-state index contributed by atoms with van der Waals surface area (Å²) in [5.41, 5.74) is 1.87. The maximum atomic E-state index is 12.4. The van der Waals surface area contributed by atoms with Crippen LogP contribution in [-0.2, 0) is 6.54 Å². The maximum absolute atomic E-state index is 12.4. The second-order valence-electron chi connectivity index (χ2n) is 7.70. The van der Waals surface area contributed by atoms with E-state index in [1.165, 1.54) is 6.42 Å². The van der Waals surface area contributed by atoms with Gasteiger partial charge in [-0.1, -0.05) is 26.0 Å². The second kappa shape index (κ2) is 12.3. The van der Waals surface area contributed by atoms with Gasteiger partial charge < -0.3 is 15.1 Å². The highest BCUT2D eigenvalue weighted by molar-refractivity contribution is 14.0. The SMILES string of the molecule is CCNC(=NCc1ccc(C(=O)N(CC)CC)cc1)N1CC(C)CC(C)C1.I. The third kappa shape index (κ3) is 6.94. The molecule has 158 valence electrons. The summed E-state index contributed by atoms with van der Waals surface area (Å²) in [7, 11) is 0. The predicted molar refractivity (Wildman–Crippen MR) is 128 cm³/mol. The molecule has 5 nitrogen and oxygen atoms in total. The lowest BCUT2D eigenvalue weighted by Gasteiger charge is -2.37. The Morgan fingerprint density at radius 3 is 2.18 bits per heavy atom. The highest BCUT2D eigenvalue weighted by Crippen LogP contribution is 2.21. The fraction of sp³-hybridized carbons (Fsp3) is 0.636. The molecule has 1 N–H and O–H groups in total. The monoisotopic (exact) mass is 500 g/mol. The number of nitrogens with one attached hydrogen (secondary N) is 1. The largest absolute Gasteiger partial charge is 0.357 e. The molecule has 0 bridgehead atoms. The van der Waals surface area contributed by atoms with E-state index in [9.17, 15) is 4.79 Å². The van der Waals surface area contributed by atoms with Crippen molar-refractivity contribution in [1.29, 1.82) is 0 Å². The predicted octanol–water partition coefficient (Wildman–Crippen LogP) is 4.23. The smallest absolute Gasteiger partial charge is 0.253 e. The van der Waals surface area contributed by atoms with Crippen molar-refractivity contribution in [2.75, 3.05) is 32.7 Å². The number of likely N-dealkylation sites (tertiary alicyclic amines) is 1. The van der Waals surface area contributed by atoms with Crippen molar-refractivity contribution in [3.8, 4) is 0 Å². The van der Waals surface area contributed by atoms with E-state index in [1.54, 1.807) is 0 Å². The van der Waals surface area contributed by atoms with Gasteiger partial charge in [-0.2, -0.15) is 0 Å². The number of guanidine groups is 1. The molecule has 1 heterocycles. The Morgan fingerprint density at radius 2 is 1.68 bits per heavy atom. The van der Waals surface area contributed by atoms with Gasteiger partial charge in [-0.15, -0.1) is 24.0 Å². The van der Waals surface area contributed by atoms with E-state index in [0.29, 0.717) is 18.4 Å². The number of benzene rings is 1. The van der Waals surface area contributed by atoms with Crippen molar-refractivity contribution in [2.45, 2.75) is 47.6 Å². The molecular weight excluding hydrogens is 463 g/mol. The van der Waals surface area contributed by atoms with Gasteiger partial charge in [0.05, 0.1) is 6.54 Å². The minimum atomic E-state index is 0. The molecule has 1 amide bonds. The molecule has 1 fully saturated rings. The fourth-order valence-electron chi connectivity index (χ4n) is 3.87. The van der Waals surface area contributed by atoms with Crippen molar-refractivity contribution in [1.82, 2.24) is 15.1 Å². The Hall–Kier alpha value is -1.31. The topological polar surface area (TPSA) is 47.9 Å². The van der Waals surface area contributed by atoms with Crippen molar-refractivity contribution in [3.63, 3.8) is 0 Å². The van der Waals surface area contributed by atoms with Crippen LogP contribution < -0.4 is 5.32 Å². The summed E-state index contributed by atoms with van der Waals surface area (Å²) in [5, 5.41) is 3.44. The molecule has 1 aliphatic rings. The zero-order valence-corrected chi connectivity index (χ0v) is 20.4. The molecule has 1 aliphatic heterocycles. The van der Waals surface area contributed by atoms with Crippen LogP contribution in [0.1, 0.15) is 57.0 Å². The Kier molecular flexibility index (Phi) is 10.9. The normalized spacial score (nSPS) is 19.8. The minimum absolute atomic E-state index is 0. The summed E-state index contributed by atoms with van der Waals surface area (Å²) in [6.45, 7) is 15.9. The summed E-state index contributed by atoms with van der Waals surface area (Å²) in [6, 6.07) is 7.88. The number of rotatable bonds is 6. The van der Waals surface area contributed by atoms with Gasteiger partial charge in [0.2, 0.25) is 0 Å². The van der Waals surface area contributed by atoms with Gasteiger partial charge >= 0.3 is 0 Å². The lowest BCUT2D eigenvalue weighted by molar-refractivity contribution is 0.0773. The van der Waals surface area contributed by atoms with Crippen LogP contribution in [-0.4, -0.2) is 54.4 Å². The van der Waals surface area contributed by atoms with Gasteiger partial charge in [0.1, 0.15) is 0 Å². The van der Waals surface area contributed by atoms with Gasteiger partial charge in [-0.25, -0.2) is 4.99 Å². The molecule has 1 aromatic rings. The summed E-state index contributed by atoms with van der Waals surface area (Å²) >= 11 is 0. The molecule has 1 aromatic carbocycles. The van der Waals surface area contributed by atoms with Gasteiger partial charge in [-0.3, -0.25) is 4.79 Å². The number of amides is 1. The Morgan fingerprint density at radius 1 is 1.11 bits per heavy atom. The minimum Gasteiger partial charge on any atom is -0.357 e. The standard InChI is InChI=1S/C22H36N4O.HI/c1-6-23-22(26-15-17(4)13-18(5)16-26)24-14-19-9-11-20(12-10-19)21(27)25(7-2)8-3;/h9-12,17-18H,6-8,13-16H2,1-5H3,(H,23,24);1H. The van der Waals surface area contributed by atoms with E-state index >= 15 is 0 Å². The van der Waals surface area contributed by atoms with Crippen LogP contribution in [0.4, 0.5) is 0 Å². The van der Waals surface area contributed by atoms with Crippen LogP contribution in [0.15, 0.2) is 29.3 Å². The summed E-state index contributed by atoms with van der Waals surface area (Å²) in [5.74, 6) is 2.49. The van der Waals surface area contributed by atoms with Gasteiger partial charge in [0, 0.05) is 38.3 Å². The summed E-state index contributed by atoms with van der Waals surface area (Å²) in [6.07, 6.45) is 1.29. The first-order valence-electron chi connectivity index (χ1n) is 10.4. The molecule has 0 aromatic heterocycles. The quantitative estimate of drug-likeness (QED) is 0.362. The molecule has 2 unspecified atom stereocenters. The molecule has 1 saturated heterocycles. The van der Waals surface area contributed by atoms with Gasteiger partial charge in [0.15, 0.2) is 5.96 Å². The highest BCUT2D eigenvalue weighted by Gasteiger charge is 2.23. The van der Waals surface area contributed by atoms with E-state index in [2.05, 4.69) is 31.0 Å². The molecular formula is C22H37IN4O. The Balaban J connectivity index is 0.00000392. The number of carbonyl (C=O) groups excluding carboxylic acids is 1. The molecule has 6 heteroatoms. The van der Waals surface area contributed by atoms with E-state index in [-0.39, 0.29) is 29.9 Å². The highest BCUT2D eigenvalue weighted by atomic mass is 127. The molecule has 0 spiro atoms. The first-order valence-corrected chi connectivity index (χ1v) is 10.4. The number of nitrogens with zero attached hydrogens (tertiary/aromatic N) is 3. The average molecular weight is 500 g/mol. The average Bonchev–Trinajstić information content (AvgIpc) is 2.65. The first kappa shape index (κ1) is 24.7. The molecule has 0 radical (unpaired) electrons. The number of hydrogen-bond donors (Lipinski definition) is 1. The van der Waals surface area contributed by atoms with Crippen LogP contribution in [0.3, 0.4) is 0 Å². The van der Waals surface area contributed by atoms with Crippen molar-refractivity contribution < 1.29 is 4.79 Å². The third-order valence-electron chi connectivity index (χ3n) is 5.17. The number of hydrogen-bond acceptors (Lipinski definition) is 2. The molecule has 2 atom stereocenters. The van der Waals surface area contributed by atoms with Gasteiger partial charge in [-0.05, 0) is 56.7 Å². The Bertz CT molecular complexity index is 618. The Labute approximate surface area is 188 Å². The van der Waals surface area contributed by atoms with Gasteiger partial charge in [0.25, 0.3) is 5.91 Å². The van der Waals surface area contributed by atoms with Crippen LogP contribution in [0.5, 0.6) is 0 Å². The number of aliphatic imine (C=N–C) groups is 1.